The smallest absolute Gasteiger partial charge is 0.190 e. The molecule has 2 fully saturated rings. The van der Waals surface area contributed by atoms with E-state index in [-0.39, 0.29) is 5.54 Å². The Labute approximate surface area is 139 Å². The lowest BCUT2D eigenvalue weighted by Gasteiger charge is -2.41. The van der Waals surface area contributed by atoms with E-state index in [0.717, 1.165) is 43.1 Å². The minimum atomic E-state index is -0.325. The van der Waals surface area contributed by atoms with E-state index in [1.54, 1.807) is 0 Å². The summed E-state index contributed by atoms with van der Waals surface area (Å²) in [5.41, 5.74) is 2.91. The summed E-state index contributed by atoms with van der Waals surface area (Å²) < 4.78 is 0. The number of hydrogen-bond acceptors (Lipinski definition) is 3. The molecule has 1 aromatic rings. The highest BCUT2D eigenvalue weighted by atomic mass is 16.1. The van der Waals surface area contributed by atoms with Crippen molar-refractivity contribution in [1.29, 1.82) is 0 Å². The number of benzene rings is 1. The molecule has 1 aliphatic carbocycles. The number of piperidine rings is 1. The van der Waals surface area contributed by atoms with Crippen LogP contribution in [0.4, 0.5) is 5.69 Å². The van der Waals surface area contributed by atoms with Gasteiger partial charge in [-0.25, -0.2) is 0 Å². The van der Waals surface area contributed by atoms with Crippen LogP contribution in [0.1, 0.15) is 67.8 Å². The Balaban J connectivity index is 1.47. The number of anilines is 1. The van der Waals surface area contributed by atoms with Crippen molar-refractivity contribution in [2.24, 2.45) is 5.92 Å². The molecule has 4 rings (SSSR count). The summed E-state index contributed by atoms with van der Waals surface area (Å²) in [6, 6.07) is 6.39. The molecular weight excluding hydrogens is 284 g/mol. The first kappa shape index (κ1) is 15.2. The number of fused-ring (bicyclic) bond motifs is 1. The molecule has 0 bridgehead atoms. The zero-order chi connectivity index (χ0) is 16.0. The first-order valence-electron chi connectivity index (χ1n) is 9.27. The Hall–Kier alpha value is -1.35. The lowest BCUT2D eigenvalue weighted by Crippen LogP contribution is -2.52. The van der Waals surface area contributed by atoms with Crippen molar-refractivity contribution in [3.8, 4) is 0 Å². The van der Waals surface area contributed by atoms with Gasteiger partial charge in [0, 0.05) is 30.9 Å². The maximum absolute atomic E-state index is 13.1. The molecule has 3 aliphatic rings. The maximum atomic E-state index is 13.1. The van der Waals surface area contributed by atoms with Crippen LogP contribution in [-0.2, 0) is 0 Å². The van der Waals surface area contributed by atoms with E-state index in [0.29, 0.717) is 11.7 Å². The van der Waals surface area contributed by atoms with E-state index in [1.165, 1.54) is 31.4 Å². The zero-order valence-corrected chi connectivity index (χ0v) is 14.4. The molecule has 2 aliphatic heterocycles. The highest BCUT2D eigenvalue weighted by molar-refractivity contribution is 6.13. The van der Waals surface area contributed by atoms with Gasteiger partial charge in [-0.1, -0.05) is 26.3 Å². The van der Waals surface area contributed by atoms with Crippen molar-refractivity contribution >= 4 is 11.5 Å². The van der Waals surface area contributed by atoms with E-state index in [1.807, 2.05) is 0 Å². The Bertz CT molecular complexity index is 610. The normalized spacial score (nSPS) is 23.9. The molecule has 0 unspecified atom stereocenters. The summed E-state index contributed by atoms with van der Waals surface area (Å²) >= 11 is 0. The summed E-state index contributed by atoms with van der Waals surface area (Å²) in [5.74, 6) is 1.72. The second-order valence-corrected chi connectivity index (χ2v) is 8.09. The monoisotopic (exact) mass is 312 g/mol. The van der Waals surface area contributed by atoms with Gasteiger partial charge in [0.15, 0.2) is 5.78 Å². The predicted molar refractivity (Wildman–Crippen MR) is 94.2 cm³/mol. The number of ketones is 1. The van der Waals surface area contributed by atoms with Gasteiger partial charge < -0.3 is 10.2 Å². The van der Waals surface area contributed by atoms with Crippen LogP contribution in [0.5, 0.6) is 0 Å². The molecule has 1 aromatic carbocycles. The van der Waals surface area contributed by atoms with Crippen LogP contribution in [0.2, 0.25) is 0 Å². The van der Waals surface area contributed by atoms with Gasteiger partial charge in [-0.15, -0.1) is 0 Å². The van der Waals surface area contributed by atoms with Gasteiger partial charge >= 0.3 is 0 Å². The van der Waals surface area contributed by atoms with Crippen LogP contribution >= 0.6 is 0 Å². The van der Waals surface area contributed by atoms with Crippen molar-refractivity contribution in [2.45, 2.75) is 57.4 Å². The van der Waals surface area contributed by atoms with Crippen LogP contribution in [0.25, 0.3) is 0 Å². The molecule has 3 heteroatoms. The quantitative estimate of drug-likeness (QED) is 0.914. The third-order valence-electron chi connectivity index (χ3n) is 6.21. The van der Waals surface area contributed by atoms with E-state index >= 15 is 0 Å². The number of rotatable bonds is 3. The third-order valence-corrected chi connectivity index (χ3v) is 6.21. The molecule has 0 aromatic heterocycles. The fourth-order valence-corrected chi connectivity index (χ4v) is 4.30. The highest BCUT2D eigenvalue weighted by Gasteiger charge is 2.47. The van der Waals surface area contributed by atoms with Crippen molar-refractivity contribution in [1.82, 2.24) is 4.90 Å². The Morgan fingerprint density at radius 2 is 2.00 bits per heavy atom. The number of hydrogen-bond donors (Lipinski definition) is 1. The van der Waals surface area contributed by atoms with Crippen LogP contribution in [0.15, 0.2) is 18.2 Å². The van der Waals surface area contributed by atoms with Crippen molar-refractivity contribution < 1.29 is 4.79 Å². The first-order chi connectivity index (χ1) is 11.1. The Morgan fingerprint density at radius 3 is 2.61 bits per heavy atom. The Morgan fingerprint density at radius 1 is 1.26 bits per heavy atom. The summed E-state index contributed by atoms with van der Waals surface area (Å²) in [7, 11) is 0. The highest BCUT2D eigenvalue weighted by Crippen LogP contribution is 2.40. The van der Waals surface area contributed by atoms with Crippen LogP contribution < -0.4 is 5.32 Å². The number of carbonyl (C=O) groups is 1. The molecular formula is C20H28N2O. The molecule has 1 saturated heterocycles. The number of carbonyl (C=O) groups excluding carboxylic acids is 1. The average molecular weight is 312 g/mol. The van der Waals surface area contributed by atoms with Crippen LogP contribution in [-0.4, -0.2) is 35.9 Å². The zero-order valence-electron chi connectivity index (χ0n) is 14.4. The van der Waals surface area contributed by atoms with E-state index in [9.17, 15) is 4.79 Å². The molecule has 2 heterocycles. The number of Topliss-reactive ketones (excluding diaryl/α,β-unsaturated/α-hetero) is 1. The fraction of sp³-hybridized carbons (Fsp3) is 0.650. The lowest BCUT2D eigenvalue weighted by molar-refractivity contribution is 0.0793. The van der Waals surface area contributed by atoms with E-state index in [4.69, 9.17) is 0 Å². The molecule has 3 nitrogen and oxygen atoms in total. The topological polar surface area (TPSA) is 32.3 Å². The molecule has 23 heavy (non-hydrogen) atoms. The minimum absolute atomic E-state index is 0.325. The third kappa shape index (κ3) is 2.59. The van der Waals surface area contributed by atoms with Gasteiger partial charge in [-0.2, -0.15) is 0 Å². The molecule has 124 valence electrons. The van der Waals surface area contributed by atoms with Gasteiger partial charge in [0.25, 0.3) is 0 Å². The largest absolute Gasteiger partial charge is 0.372 e. The van der Waals surface area contributed by atoms with Crippen molar-refractivity contribution in [2.75, 3.05) is 25.0 Å². The molecule has 0 radical (unpaired) electrons. The molecule has 1 N–H and O–H groups in total. The van der Waals surface area contributed by atoms with E-state index in [2.05, 4.69) is 42.3 Å². The number of nitrogens with zero attached hydrogens (tertiary/aromatic N) is 1. The molecule has 0 amide bonds. The van der Waals surface area contributed by atoms with Crippen molar-refractivity contribution in [3.05, 3.63) is 29.3 Å². The summed E-state index contributed by atoms with van der Waals surface area (Å²) in [6.07, 6.45) is 6.12. The van der Waals surface area contributed by atoms with Gasteiger partial charge in [-0.05, 0) is 55.2 Å². The number of nitrogens with one attached hydrogen (secondary N) is 1. The molecule has 1 spiro atoms. The molecule has 0 atom stereocenters. The summed E-state index contributed by atoms with van der Waals surface area (Å²) in [6.45, 7) is 7.72. The second kappa shape index (κ2) is 5.62. The number of likely N-dealkylation sites (tertiary alicyclic amines) is 1. The Kier molecular flexibility index (Phi) is 3.72. The predicted octanol–water partition coefficient (Wildman–Crippen LogP) is 4.05. The summed E-state index contributed by atoms with van der Waals surface area (Å²) in [4.78, 5) is 15.6. The van der Waals surface area contributed by atoms with Gasteiger partial charge in [0.05, 0.1) is 0 Å². The van der Waals surface area contributed by atoms with Crippen molar-refractivity contribution in [3.63, 3.8) is 0 Å². The first-order valence-corrected chi connectivity index (χ1v) is 9.27. The van der Waals surface area contributed by atoms with Crippen LogP contribution in [0.3, 0.4) is 0 Å². The SMILES string of the molecule is CC(C)c1ccc2c(c1)C(=O)C1(CCN(CC3CCC3)CC1)N2. The van der Waals surface area contributed by atoms with Gasteiger partial charge in [0.2, 0.25) is 0 Å². The maximum Gasteiger partial charge on any atom is 0.190 e. The van der Waals surface area contributed by atoms with Gasteiger partial charge in [0.1, 0.15) is 5.54 Å². The standard InChI is InChI=1S/C20H28N2O/c1-14(2)16-6-7-18-17(12-16)19(23)20(21-18)8-10-22(11-9-20)13-15-4-3-5-15/h6-7,12,14-15,21H,3-5,8-11,13H2,1-2H3. The summed E-state index contributed by atoms with van der Waals surface area (Å²) in [5, 5.41) is 3.59. The van der Waals surface area contributed by atoms with E-state index < -0.39 is 0 Å². The molecule has 1 saturated carbocycles. The average Bonchev–Trinajstić information content (AvgIpc) is 2.77. The van der Waals surface area contributed by atoms with Crippen LogP contribution in [0, 0.1) is 5.92 Å². The minimum Gasteiger partial charge on any atom is -0.372 e. The van der Waals surface area contributed by atoms with Gasteiger partial charge in [-0.3, -0.25) is 4.79 Å². The fourth-order valence-electron chi connectivity index (χ4n) is 4.30. The lowest BCUT2D eigenvalue weighted by atomic mass is 9.81. The second-order valence-electron chi connectivity index (χ2n) is 8.09.